The Labute approximate surface area is 176 Å². The Balaban J connectivity index is 1.56. The van der Waals surface area contributed by atoms with E-state index in [0.717, 1.165) is 53.5 Å². The van der Waals surface area contributed by atoms with Gasteiger partial charge in [-0.3, -0.25) is 9.98 Å². The molecule has 0 bridgehead atoms. The summed E-state index contributed by atoms with van der Waals surface area (Å²) in [5, 5.41) is 7.86. The standard InChI is InChI=1S/C22H27N7O/c1-15-4-5-17(13-25-15)26-21-11-18-10-16(6-9-29(18)27-21)22(24-2)20(12-23)30-19-7-8-28(3)14-19/h4-6,9-13,19H,7-8,14,23H2,1-3H3,(H,26,27)/b20-12+,24-22?/t19-/m0/s1. The van der Waals surface area contributed by atoms with Crippen molar-refractivity contribution in [2.24, 2.45) is 10.7 Å². The van der Waals surface area contributed by atoms with E-state index in [2.05, 4.69) is 32.3 Å². The van der Waals surface area contributed by atoms with Crippen molar-refractivity contribution in [2.45, 2.75) is 19.4 Å². The van der Waals surface area contributed by atoms with Gasteiger partial charge in [0.25, 0.3) is 0 Å². The largest absolute Gasteiger partial charge is 0.485 e. The number of hydrogen-bond acceptors (Lipinski definition) is 7. The molecule has 0 aliphatic carbocycles. The zero-order valence-electron chi connectivity index (χ0n) is 17.5. The number of nitrogens with one attached hydrogen (secondary N) is 1. The molecule has 4 rings (SSSR count). The molecular formula is C22H27N7O. The lowest BCUT2D eigenvalue weighted by molar-refractivity contribution is 0.137. The van der Waals surface area contributed by atoms with Crippen LogP contribution in [0.25, 0.3) is 5.52 Å². The lowest BCUT2D eigenvalue weighted by atomic mass is 10.1. The van der Waals surface area contributed by atoms with E-state index in [-0.39, 0.29) is 6.10 Å². The van der Waals surface area contributed by atoms with Crippen LogP contribution >= 0.6 is 0 Å². The van der Waals surface area contributed by atoms with Crippen molar-refractivity contribution >= 4 is 22.7 Å². The minimum absolute atomic E-state index is 0.124. The van der Waals surface area contributed by atoms with Crippen molar-refractivity contribution in [3.8, 4) is 0 Å². The quantitative estimate of drug-likeness (QED) is 0.484. The van der Waals surface area contributed by atoms with Gasteiger partial charge in [0.2, 0.25) is 0 Å². The summed E-state index contributed by atoms with van der Waals surface area (Å²) in [5.74, 6) is 1.35. The number of nitrogens with two attached hydrogens (primary N) is 1. The fourth-order valence-corrected chi connectivity index (χ4v) is 3.62. The van der Waals surface area contributed by atoms with Crippen LogP contribution in [0.15, 0.2) is 59.7 Å². The number of pyridine rings is 2. The molecule has 0 radical (unpaired) electrons. The first-order valence-electron chi connectivity index (χ1n) is 9.99. The van der Waals surface area contributed by atoms with Crippen LogP contribution in [0.4, 0.5) is 11.5 Å². The second kappa shape index (κ2) is 8.54. The predicted molar refractivity (Wildman–Crippen MR) is 119 cm³/mol. The molecule has 30 heavy (non-hydrogen) atoms. The molecule has 1 saturated heterocycles. The third kappa shape index (κ3) is 4.28. The van der Waals surface area contributed by atoms with Crippen LogP contribution in [0.3, 0.4) is 0 Å². The van der Waals surface area contributed by atoms with Gasteiger partial charge < -0.3 is 20.7 Å². The number of aliphatic imine (C=N–C) groups is 1. The Morgan fingerprint density at radius 1 is 1.33 bits per heavy atom. The lowest BCUT2D eigenvalue weighted by Crippen LogP contribution is -2.22. The average Bonchev–Trinajstić information content (AvgIpc) is 3.34. The highest BCUT2D eigenvalue weighted by molar-refractivity contribution is 6.11. The summed E-state index contributed by atoms with van der Waals surface area (Å²) >= 11 is 0. The number of hydrogen-bond donors (Lipinski definition) is 2. The summed E-state index contributed by atoms with van der Waals surface area (Å²) in [5.41, 5.74) is 10.4. The van der Waals surface area contributed by atoms with Gasteiger partial charge in [0, 0.05) is 49.9 Å². The predicted octanol–water partition coefficient (Wildman–Crippen LogP) is 2.72. The van der Waals surface area contributed by atoms with Gasteiger partial charge in [0.1, 0.15) is 11.8 Å². The van der Waals surface area contributed by atoms with E-state index >= 15 is 0 Å². The summed E-state index contributed by atoms with van der Waals surface area (Å²) in [6.45, 7) is 3.87. The molecule has 3 aromatic heterocycles. The molecule has 4 heterocycles. The minimum atomic E-state index is 0.124. The molecule has 8 nitrogen and oxygen atoms in total. The van der Waals surface area contributed by atoms with Gasteiger partial charge in [-0.25, -0.2) is 4.52 Å². The van der Waals surface area contributed by atoms with Crippen LogP contribution in [0.1, 0.15) is 17.7 Å². The van der Waals surface area contributed by atoms with Gasteiger partial charge in [-0.05, 0) is 44.7 Å². The van der Waals surface area contributed by atoms with E-state index in [0.29, 0.717) is 5.76 Å². The molecule has 0 amide bonds. The molecule has 0 saturated carbocycles. The van der Waals surface area contributed by atoms with E-state index in [1.165, 1.54) is 6.20 Å². The topological polar surface area (TPSA) is 93.1 Å². The van der Waals surface area contributed by atoms with Crippen LogP contribution < -0.4 is 11.1 Å². The number of fused-ring (bicyclic) bond motifs is 1. The summed E-state index contributed by atoms with van der Waals surface area (Å²) in [6, 6.07) is 9.92. The molecule has 1 fully saturated rings. The van der Waals surface area contributed by atoms with Crippen LogP contribution in [0, 0.1) is 6.92 Å². The molecule has 1 aliphatic heterocycles. The average molecular weight is 406 g/mol. The molecule has 8 heteroatoms. The van der Waals surface area contributed by atoms with Crippen LogP contribution in [-0.2, 0) is 4.74 Å². The molecule has 0 aromatic carbocycles. The highest BCUT2D eigenvalue weighted by Gasteiger charge is 2.23. The van der Waals surface area contributed by atoms with Crippen LogP contribution in [0.5, 0.6) is 0 Å². The van der Waals surface area contributed by atoms with Crippen molar-refractivity contribution in [3.05, 3.63) is 65.9 Å². The molecule has 1 aliphatic rings. The smallest absolute Gasteiger partial charge is 0.160 e. The van der Waals surface area contributed by atoms with Crippen LogP contribution in [0.2, 0.25) is 0 Å². The summed E-state index contributed by atoms with van der Waals surface area (Å²) in [7, 11) is 3.84. The first kappa shape index (κ1) is 19.9. The molecule has 0 unspecified atom stereocenters. The number of aryl methyl sites for hydroxylation is 1. The van der Waals surface area contributed by atoms with Crippen LogP contribution in [-0.4, -0.2) is 58.5 Å². The first-order valence-corrected chi connectivity index (χ1v) is 9.99. The van der Waals surface area contributed by atoms with Crippen molar-refractivity contribution in [1.29, 1.82) is 0 Å². The molecule has 0 spiro atoms. The Bertz CT molecular complexity index is 1080. The van der Waals surface area contributed by atoms with E-state index < -0.39 is 0 Å². The highest BCUT2D eigenvalue weighted by atomic mass is 16.5. The SMILES string of the molecule is CN=C(/C(=C\N)O[C@H]1CCN(C)C1)c1ccn2nc(Nc3ccc(C)nc3)cc2c1. The van der Waals surface area contributed by atoms with E-state index in [1.54, 1.807) is 13.2 Å². The Hall–Kier alpha value is -3.39. The zero-order chi connectivity index (χ0) is 21.1. The van der Waals surface area contributed by atoms with E-state index in [4.69, 9.17) is 10.5 Å². The van der Waals surface area contributed by atoms with Crippen molar-refractivity contribution in [3.63, 3.8) is 0 Å². The molecule has 3 aromatic rings. The number of allylic oxidation sites excluding steroid dienone is 1. The maximum atomic E-state index is 6.17. The second-order valence-corrected chi connectivity index (χ2v) is 7.52. The normalized spacial score (nSPS) is 18.2. The number of rotatable bonds is 6. The van der Waals surface area contributed by atoms with E-state index in [9.17, 15) is 0 Å². The lowest BCUT2D eigenvalue weighted by Gasteiger charge is -2.18. The highest BCUT2D eigenvalue weighted by Crippen LogP contribution is 2.21. The summed E-state index contributed by atoms with van der Waals surface area (Å²) in [6.07, 6.45) is 6.31. The Kier molecular flexibility index (Phi) is 5.67. The fourth-order valence-electron chi connectivity index (χ4n) is 3.62. The Morgan fingerprint density at radius 3 is 2.87 bits per heavy atom. The number of aromatic nitrogens is 3. The summed E-state index contributed by atoms with van der Waals surface area (Å²) < 4.78 is 7.99. The molecule has 3 N–H and O–H groups in total. The van der Waals surface area contributed by atoms with Gasteiger partial charge in [0.05, 0.1) is 17.4 Å². The van der Waals surface area contributed by atoms with Crippen molar-refractivity contribution in [1.82, 2.24) is 19.5 Å². The van der Waals surface area contributed by atoms with E-state index in [1.807, 2.05) is 48.0 Å². The fraction of sp³-hybridized carbons (Fsp3) is 0.318. The van der Waals surface area contributed by atoms with Crippen molar-refractivity contribution < 1.29 is 4.74 Å². The molecule has 1 atom stereocenters. The zero-order valence-corrected chi connectivity index (χ0v) is 17.5. The van der Waals surface area contributed by atoms with Gasteiger partial charge in [-0.2, -0.15) is 5.10 Å². The molecular weight excluding hydrogens is 378 g/mol. The number of anilines is 2. The third-order valence-electron chi connectivity index (χ3n) is 5.17. The van der Waals surface area contributed by atoms with Gasteiger partial charge in [0.15, 0.2) is 11.6 Å². The maximum Gasteiger partial charge on any atom is 0.160 e. The van der Waals surface area contributed by atoms with Crippen molar-refractivity contribution in [2.75, 3.05) is 32.5 Å². The first-order chi connectivity index (χ1) is 14.6. The molecule has 156 valence electrons. The second-order valence-electron chi connectivity index (χ2n) is 7.52. The number of nitrogens with zero attached hydrogens (tertiary/aromatic N) is 5. The number of ether oxygens (including phenoxy) is 1. The monoisotopic (exact) mass is 405 g/mol. The minimum Gasteiger partial charge on any atom is -0.485 e. The third-order valence-corrected chi connectivity index (χ3v) is 5.17. The Morgan fingerprint density at radius 2 is 2.20 bits per heavy atom. The maximum absolute atomic E-state index is 6.17. The summed E-state index contributed by atoms with van der Waals surface area (Å²) in [4.78, 5) is 11.0. The van der Waals surface area contributed by atoms with Gasteiger partial charge in [-0.15, -0.1) is 0 Å². The number of likely N-dealkylation sites (N-methyl/N-ethyl adjacent to an activating group) is 1. The van der Waals surface area contributed by atoms with Gasteiger partial charge >= 0.3 is 0 Å². The number of likely N-dealkylation sites (tertiary alicyclic amines) is 1. The van der Waals surface area contributed by atoms with Gasteiger partial charge in [-0.1, -0.05) is 0 Å².